The van der Waals surface area contributed by atoms with Gasteiger partial charge in [-0.15, -0.1) is 0 Å². The Morgan fingerprint density at radius 3 is 2.52 bits per heavy atom. The number of ether oxygens (including phenoxy) is 1. The van der Waals surface area contributed by atoms with Crippen molar-refractivity contribution in [2.45, 2.75) is 13.3 Å². The van der Waals surface area contributed by atoms with E-state index in [-0.39, 0.29) is 6.61 Å². The second-order valence-electron chi connectivity index (χ2n) is 5.92. The molecule has 0 atom stereocenters. The van der Waals surface area contributed by atoms with E-state index < -0.39 is 0 Å². The highest BCUT2D eigenvalue weighted by Crippen LogP contribution is 2.25. The maximum absolute atomic E-state index is 9.10. The van der Waals surface area contributed by atoms with Gasteiger partial charge in [-0.25, -0.2) is 9.67 Å². The van der Waals surface area contributed by atoms with Crippen molar-refractivity contribution in [1.29, 1.82) is 0 Å². The number of rotatable bonds is 7. The van der Waals surface area contributed by atoms with Crippen LogP contribution >= 0.6 is 0 Å². The van der Waals surface area contributed by atoms with E-state index in [1.54, 1.807) is 19.4 Å². The van der Waals surface area contributed by atoms with E-state index in [1.165, 1.54) is 7.11 Å². The first-order chi connectivity index (χ1) is 13.2. The molecule has 0 radical (unpaired) electrons. The molecule has 0 spiro atoms. The average molecular weight is 366 g/mol. The van der Waals surface area contributed by atoms with Gasteiger partial charge in [0.25, 0.3) is 0 Å². The first-order valence-electron chi connectivity index (χ1n) is 8.55. The quantitative estimate of drug-likeness (QED) is 0.514. The molecule has 2 heterocycles. The van der Waals surface area contributed by atoms with E-state index >= 15 is 0 Å². The van der Waals surface area contributed by atoms with E-state index in [2.05, 4.69) is 15.2 Å². The Kier molecular flexibility index (Phi) is 5.83. The van der Waals surface area contributed by atoms with Crippen LogP contribution < -0.4 is 4.74 Å². The van der Waals surface area contributed by atoms with Gasteiger partial charge < -0.3 is 14.7 Å². The highest BCUT2D eigenvalue weighted by Gasteiger charge is 2.14. The molecule has 140 valence electrons. The number of oxime groups is 1. The summed E-state index contributed by atoms with van der Waals surface area (Å²) in [4.78, 5) is 9.15. The zero-order chi connectivity index (χ0) is 19.2. The van der Waals surface area contributed by atoms with Crippen molar-refractivity contribution in [3.8, 4) is 22.8 Å². The smallest absolute Gasteiger partial charge is 0.213 e. The Hall–Kier alpha value is -3.19. The molecule has 3 aromatic rings. The summed E-state index contributed by atoms with van der Waals surface area (Å²) >= 11 is 0. The van der Waals surface area contributed by atoms with Crippen molar-refractivity contribution in [3.63, 3.8) is 0 Å². The normalized spacial score (nSPS) is 11.5. The lowest BCUT2D eigenvalue weighted by Gasteiger charge is -2.08. The van der Waals surface area contributed by atoms with Gasteiger partial charge in [0.1, 0.15) is 18.5 Å². The minimum atomic E-state index is 0.131. The Bertz CT molecular complexity index is 915. The van der Waals surface area contributed by atoms with Crippen molar-refractivity contribution >= 4 is 5.71 Å². The summed E-state index contributed by atoms with van der Waals surface area (Å²) < 4.78 is 6.95. The first kappa shape index (κ1) is 18.6. The molecular weight excluding hydrogens is 344 g/mol. The van der Waals surface area contributed by atoms with Crippen molar-refractivity contribution in [2.24, 2.45) is 5.16 Å². The van der Waals surface area contributed by atoms with Crippen LogP contribution in [0.5, 0.6) is 5.88 Å². The zero-order valence-electron chi connectivity index (χ0n) is 15.6. The molecule has 0 unspecified atom stereocenters. The van der Waals surface area contributed by atoms with Crippen LogP contribution in [0.25, 0.3) is 16.9 Å². The molecule has 0 amide bonds. The molecule has 27 heavy (non-hydrogen) atoms. The molecule has 0 fully saturated rings. The molecule has 1 aromatic carbocycles. The number of benzene rings is 1. The third-order valence-electron chi connectivity index (χ3n) is 4.13. The van der Waals surface area contributed by atoms with Crippen LogP contribution in [-0.4, -0.2) is 46.4 Å². The van der Waals surface area contributed by atoms with Gasteiger partial charge >= 0.3 is 0 Å². The van der Waals surface area contributed by atoms with Gasteiger partial charge in [0.15, 0.2) is 0 Å². The molecule has 0 saturated heterocycles. The van der Waals surface area contributed by atoms with Crippen LogP contribution in [0.3, 0.4) is 0 Å². The summed E-state index contributed by atoms with van der Waals surface area (Å²) in [6, 6.07) is 13.7. The molecular formula is C20H22N4O3. The Morgan fingerprint density at radius 1 is 1.15 bits per heavy atom. The van der Waals surface area contributed by atoms with Crippen molar-refractivity contribution in [2.75, 3.05) is 20.8 Å². The summed E-state index contributed by atoms with van der Waals surface area (Å²) in [7, 11) is 3.09. The number of pyridine rings is 1. The summed E-state index contributed by atoms with van der Waals surface area (Å²) in [5, 5.41) is 17.8. The molecule has 1 N–H and O–H groups in total. The van der Waals surface area contributed by atoms with Crippen LogP contribution in [0.15, 0.2) is 53.8 Å². The molecule has 0 bridgehead atoms. The van der Waals surface area contributed by atoms with E-state index in [9.17, 15) is 0 Å². The summed E-state index contributed by atoms with van der Waals surface area (Å²) in [5.41, 5.74) is 5.17. The second kappa shape index (κ2) is 8.46. The SMILES string of the molecule is CON=C(C)c1cc(-c2ccc(CCO)cc2)n(-c2ccc(OC)nc2)n1. The number of aromatic nitrogens is 3. The van der Waals surface area contributed by atoms with E-state index in [1.807, 2.05) is 48.0 Å². The highest BCUT2D eigenvalue weighted by atomic mass is 16.6. The predicted octanol–water partition coefficient (Wildman–Crippen LogP) is 2.85. The fourth-order valence-electron chi connectivity index (χ4n) is 2.73. The minimum Gasteiger partial charge on any atom is -0.481 e. The molecule has 7 heteroatoms. The fraction of sp³-hybridized carbons (Fsp3) is 0.250. The zero-order valence-corrected chi connectivity index (χ0v) is 15.6. The number of methoxy groups -OCH3 is 1. The summed E-state index contributed by atoms with van der Waals surface area (Å²) in [6.45, 7) is 1.97. The maximum Gasteiger partial charge on any atom is 0.213 e. The van der Waals surface area contributed by atoms with Crippen LogP contribution in [-0.2, 0) is 11.3 Å². The van der Waals surface area contributed by atoms with Crippen LogP contribution in [0, 0.1) is 0 Å². The van der Waals surface area contributed by atoms with Gasteiger partial charge in [0, 0.05) is 18.2 Å². The Balaban J connectivity index is 2.08. The standard InChI is InChI=1S/C20H22N4O3/c1-14(23-27-3)18-12-19(16-6-4-15(5-7-16)10-11-25)24(22-18)17-8-9-20(26-2)21-13-17/h4-9,12-13,25H,10-11H2,1-3H3. The molecule has 2 aromatic heterocycles. The molecule has 0 saturated carbocycles. The van der Waals surface area contributed by atoms with E-state index in [0.29, 0.717) is 23.7 Å². The molecule has 0 aliphatic heterocycles. The molecule has 7 nitrogen and oxygen atoms in total. The van der Waals surface area contributed by atoms with Gasteiger partial charge in [-0.2, -0.15) is 5.10 Å². The number of aliphatic hydroxyl groups is 1. The minimum absolute atomic E-state index is 0.131. The maximum atomic E-state index is 9.10. The van der Waals surface area contributed by atoms with Crippen LogP contribution in [0.4, 0.5) is 0 Å². The Labute approximate surface area is 157 Å². The van der Waals surface area contributed by atoms with Crippen LogP contribution in [0.2, 0.25) is 0 Å². The van der Waals surface area contributed by atoms with Gasteiger partial charge in [-0.3, -0.25) is 0 Å². The van der Waals surface area contributed by atoms with Crippen LogP contribution in [0.1, 0.15) is 18.2 Å². The first-order valence-corrected chi connectivity index (χ1v) is 8.55. The average Bonchev–Trinajstić information content (AvgIpc) is 3.15. The van der Waals surface area contributed by atoms with Gasteiger partial charge in [-0.1, -0.05) is 29.4 Å². The summed E-state index contributed by atoms with van der Waals surface area (Å²) in [5.74, 6) is 0.540. The predicted molar refractivity (Wildman–Crippen MR) is 103 cm³/mol. The van der Waals surface area contributed by atoms with Gasteiger partial charge in [0.2, 0.25) is 5.88 Å². The molecule has 0 aliphatic carbocycles. The van der Waals surface area contributed by atoms with E-state index in [0.717, 1.165) is 22.5 Å². The van der Waals surface area contributed by atoms with Gasteiger partial charge in [-0.05, 0) is 31.0 Å². The molecule has 3 rings (SSSR count). The lowest BCUT2D eigenvalue weighted by molar-refractivity contribution is 0.213. The number of hydrogen-bond acceptors (Lipinski definition) is 6. The number of hydrogen-bond donors (Lipinski definition) is 1. The van der Waals surface area contributed by atoms with Crippen molar-refractivity contribution in [1.82, 2.24) is 14.8 Å². The lowest BCUT2D eigenvalue weighted by Crippen LogP contribution is -2.03. The Morgan fingerprint density at radius 2 is 1.93 bits per heavy atom. The fourth-order valence-corrected chi connectivity index (χ4v) is 2.73. The third-order valence-corrected chi connectivity index (χ3v) is 4.13. The number of aliphatic hydroxyl groups excluding tert-OH is 1. The van der Waals surface area contributed by atoms with Crippen molar-refractivity contribution < 1.29 is 14.7 Å². The largest absolute Gasteiger partial charge is 0.481 e. The van der Waals surface area contributed by atoms with E-state index in [4.69, 9.17) is 14.7 Å². The molecule has 0 aliphatic rings. The van der Waals surface area contributed by atoms with Gasteiger partial charge in [0.05, 0.1) is 24.7 Å². The second-order valence-corrected chi connectivity index (χ2v) is 5.92. The highest BCUT2D eigenvalue weighted by molar-refractivity contribution is 5.97. The third kappa shape index (κ3) is 4.15. The summed E-state index contributed by atoms with van der Waals surface area (Å²) in [6.07, 6.45) is 2.34. The topological polar surface area (TPSA) is 81.8 Å². The monoisotopic (exact) mass is 366 g/mol. The number of nitrogens with zero attached hydrogens (tertiary/aromatic N) is 4. The lowest BCUT2D eigenvalue weighted by atomic mass is 10.1. The van der Waals surface area contributed by atoms with Crippen molar-refractivity contribution in [3.05, 3.63) is 59.9 Å².